The number of carbonyl (C=O) groups excluding carboxylic acids is 2. The average molecular weight is 426 g/mol. The third kappa shape index (κ3) is 5.50. The second kappa shape index (κ2) is 8.18. The maximum Gasteiger partial charge on any atom is 0.326 e. The van der Waals surface area contributed by atoms with Gasteiger partial charge in [-0.15, -0.1) is 0 Å². The zero-order valence-corrected chi connectivity index (χ0v) is 14.0. The summed E-state index contributed by atoms with van der Waals surface area (Å²) in [4.78, 5) is 34.1. The van der Waals surface area contributed by atoms with Crippen molar-refractivity contribution in [1.29, 1.82) is 0 Å². The molecule has 0 spiro atoms. The highest BCUT2D eigenvalue weighted by Crippen LogP contribution is 2.19. The van der Waals surface area contributed by atoms with E-state index in [0.29, 0.717) is 5.02 Å². The third-order valence-electron chi connectivity index (χ3n) is 2.65. The molecule has 1 atom stereocenters. The number of hydrogen-bond acceptors (Lipinski definition) is 4. The number of hydrogen-bond donors (Lipinski definition) is 2. The molecule has 0 aliphatic carbocycles. The van der Waals surface area contributed by atoms with Gasteiger partial charge in [0.2, 0.25) is 0 Å². The first-order valence-electron chi connectivity index (χ1n) is 5.90. The highest BCUT2D eigenvalue weighted by molar-refractivity contribution is 14.1. The Morgan fingerprint density at radius 2 is 2.10 bits per heavy atom. The third-order valence-corrected chi connectivity index (χ3v) is 4.22. The van der Waals surface area contributed by atoms with Crippen molar-refractivity contribution < 1.29 is 24.2 Å². The van der Waals surface area contributed by atoms with Gasteiger partial charge in [0.25, 0.3) is 5.91 Å². The number of esters is 1. The van der Waals surface area contributed by atoms with Crippen LogP contribution in [0, 0.1) is 3.57 Å². The summed E-state index contributed by atoms with van der Waals surface area (Å²) in [5.41, 5.74) is 0.254. The molecule has 21 heavy (non-hydrogen) atoms. The van der Waals surface area contributed by atoms with E-state index >= 15 is 0 Å². The lowest BCUT2D eigenvalue weighted by Crippen LogP contribution is -2.41. The van der Waals surface area contributed by atoms with Crippen molar-refractivity contribution in [1.82, 2.24) is 5.32 Å². The molecule has 0 saturated carbocycles. The molecule has 2 N–H and O–H groups in total. The van der Waals surface area contributed by atoms with Crippen molar-refractivity contribution in [3.63, 3.8) is 0 Å². The summed E-state index contributed by atoms with van der Waals surface area (Å²) in [5, 5.41) is 11.8. The Hall–Kier alpha value is -1.35. The second-order valence-electron chi connectivity index (χ2n) is 4.11. The fraction of sp³-hybridized carbons (Fsp3) is 0.308. The van der Waals surface area contributed by atoms with E-state index in [0.717, 1.165) is 3.57 Å². The van der Waals surface area contributed by atoms with Crippen molar-refractivity contribution in [2.24, 2.45) is 0 Å². The molecule has 0 saturated heterocycles. The van der Waals surface area contributed by atoms with E-state index in [1.54, 1.807) is 12.1 Å². The molecule has 0 bridgehead atoms. The van der Waals surface area contributed by atoms with Gasteiger partial charge in [0.05, 0.1) is 12.1 Å². The summed E-state index contributed by atoms with van der Waals surface area (Å²) in [6.45, 7) is 0. The molecule has 1 rings (SSSR count). The minimum absolute atomic E-state index is 0.0498. The molecule has 1 aromatic rings. The van der Waals surface area contributed by atoms with E-state index in [1.807, 2.05) is 22.6 Å². The van der Waals surface area contributed by atoms with E-state index in [9.17, 15) is 14.4 Å². The van der Waals surface area contributed by atoms with Crippen LogP contribution >= 0.6 is 34.2 Å². The van der Waals surface area contributed by atoms with Gasteiger partial charge < -0.3 is 15.2 Å². The number of carboxylic acids is 1. The van der Waals surface area contributed by atoms with Crippen LogP contribution in [0.3, 0.4) is 0 Å². The Morgan fingerprint density at radius 3 is 2.62 bits per heavy atom. The van der Waals surface area contributed by atoms with Gasteiger partial charge in [-0.1, -0.05) is 11.6 Å². The molecule has 8 heteroatoms. The molecular formula is C13H13ClINO5. The number of halogens is 2. The summed E-state index contributed by atoms with van der Waals surface area (Å²) in [6, 6.07) is 3.48. The zero-order valence-electron chi connectivity index (χ0n) is 11.1. The molecule has 6 nitrogen and oxygen atoms in total. The van der Waals surface area contributed by atoms with Crippen molar-refractivity contribution >= 4 is 52.0 Å². The largest absolute Gasteiger partial charge is 0.480 e. The van der Waals surface area contributed by atoms with Crippen molar-refractivity contribution in [2.75, 3.05) is 7.11 Å². The zero-order chi connectivity index (χ0) is 16.0. The Labute approximate surface area is 139 Å². The number of ether oxygens (including phenoxy) is 1. The highest BCUT2D eigenvalue weighted by atomic mass is 127. The standard InChI is InChI=1S/C13H13ClINO5/c1-21-11(17)5-4-10(13(19)20)16-12(18)7-2-3-9(15)8(14)6-7/h2-3,6,10H,4-5H2,1H3,(H,16,18)(H,19,20)/t10-/m0/s1. The van der Waals surface area contributed by atoms with E-state index < -0.39 is 23.9 Å². The smallest absolute Gasteiger partial charge is 0.326 e. The van der Waals surface area contributed by atoms with E-state index in [-0.39, 0.29) is 18.4 Å². The molecule has 0 radical (unpaired) electrons. The molecule has 0 aromatic heterocycles. The van der Waals surface area contributed by atoms with Crippen LogP contribution in [0.4, 0.5) is 0 Å². The Bertz CT molecular complexity index is 563. The summed E-state index contributed by atoms with van der Waals surface area (Å²) < 4.78 is 5.22. The van der Waals surface area contributed by atoms with Gasteiger partial charge in [-0.2, -0.15) is 0 Å². The number of carboxylic acid groups (broad SMARTS) is 1. The lowest BCUT2D eigenvalue weighted by atomic mass is 10.1. The predicted molar refractivity (Wildman–Crippen MR) is 84.3 cm³/mol. The van der Waals surface area contributed by atoms with Gasteiger partial charge in [0.1, 0.15) is 6.04 Å². The maximum atomic E-state index is 12.0. The lowest BCUT2D eigenvalue weighted by molar-refractivity contribution is -0.142. The van der Waals surface area contributed by atoms with E-state index in [4.69, 9.17) is 16.7 Å². The molecule has 114 valence electrons. The molecule has 0 heterocycles. The molecule has 0 unspecified atom stereocenters. The molecule has 0 fully saturated rings. The second-order valence-corrected chi connectivity index (χ2v) is 5.68. The fourth-order valence-corrected chi connectivity index (χ4v) is 2.02. The van der Waals surface area contributed by atoms with Crippen molar-refractivity contribution in [2.45, 2.75) is 18.9 Å². The topological polar surface area (TPSA) is 92.7 Å². The van der Waals surface area contributed by atoms with Crippen LogP contribution in [0.25, 0.3) is 0 Å². The van der Waals surface area contributed by atoms with Gasteiger partial charge in [-0.05, 0) is 47.2 Å². The van der Waals surface area contributed by atoms with Gasteiger partial charge in [-0.3, -0.25) is 9.59 Å². The number of methoxy groups -OCH3 is 1. The molecule has 0 aliphatic rings. The minimum atomic E-state index is -1.22. The molecular weight excluding hydrogens is 413 g/mol. The number of benzene rings is 1. The normalized spacial score (nSPS) is 11.6. The van der Waals surface area contributed by atoms with E-state index in [1.165, 1.54) is 13.2 Å². The first-order valence-corrected chi connectivity index (χ1v) is 7.36. The molecule has 0 aliphatic heterocycles. The number of rotatable bonds is 6. The summed E-state index contributed by atoms with van der Waals surface area (Å²) in [5.74, 6) is -2.32. The van der Waals surface area contributed by atoms with E-state index in [2.05, 4.69) is 10.1 Å². The van der Waals surface area contributed by atoms with Crippen molar-refractivity contribution in [3.05, 3.63) is 32.4 Å². The quantitative estimate of drug-likeness (QED) is 0.538. The van der Waals surface area contributed by atoms with Crippen LogP contribution < -0.4 is 5.32 Å². The summed E-state index contributed by atoms with van der Waals surface area (Å²) in [6.07, 6.45) is -0.146. The van der Waals surface area contributed by atoms with Crippen LogP contribution in [-0.4, -0.2) is 36.1 Å². The van der Waals surface area contributed by atoms with Gasteiger partial charge >= 0.3 is 11.9 Å². The van der Waals surface area contributed by atoms with Gasteiger partial charge in [-0.25, -0.2) is 4.79 Å². The van der Waals surface area contributed by atoms with Gasteiger partial charge in [0.15, 0.2) is 0 Å². The van der Waals surface area contributed by atoms with Crippen LogP contribution in [0.2, 0.25) is 5.02 Å². The summed E-state index contributed by atoms with van der Waals surface area (Å²) in [7, 11) is 1.21. The SMILES string of the molecule is COC(=O)CC[C@H](NC(=O)c1ccc(I)c(Cl)c1)C(=O)O. The number of nitrogens with one attached hydrogen (secondary N) is 1. The minimum Gasteiger partial charge on any atom is -0.480 e. The highest BCUT2D eigenvalue weighted by Gasteiger charge is 2.22. The predicted octanol–water partition coefficient (Wildman–Crippen LogP) is 2.08. The lowest BCUT2D eigenvalue weighted by Gasteiger charge is -2.14. The Kier molecular flexibility index (Phi) is 6.90. The maximum absolute atomic E-state index is 12.0. The van der Waals surface area contributed by atoms with Crippen LogP contribution in [-0.2, 0) is 14.3 Å². The average Bonchev–Trinajstić information content (AvgIpc) is 2.45. The Balaban J connectivity index is 2.74. The monoisotopic (exact) mass is 425 g/mol. The fourth-order valence-electron chi connectivity index (χ4n) is 1.50. The molecule has 1 amide bonds. The number of carbonyl (C=O) groups is 3. The van der Waals surface area contributed by atoms with Crippen LogP contribution in [0.5, 0.6) is 0 Å². The first-order chi connectivity index (χ1) is 9.85. The van der Waals surface area contributed by atoms with Crippen LogP contribution in [0.15, 0.2) is 18.2 Å². The first kappa shape index (κ1) is 17.7. The number of amides is 1. The van der Waals surface area contributed by atoms with Crippen LogP contribution in [0.1, 0.15) is 23.2 Å². The molecule has 1 aromatic carbocycles. The summed E-state index contributed by atoms with van der Waals surface area (Å²) >= 11 is 7.93. The number of aliphatic carboxylic acids is 1. The van der Waals surface area contributed by atoms with Gasteiger partial charge in [0, 0.05) is 15.6 Å². The Morgan fingerprint density at radius 1 is 1.43 bits per heavy atom. The van der Waals surface area contributed by atoms with Crippen molar-refractivity contribution in [3.8, 4) is 0 Å².